The summed E-state index contributed by atoms with van der Waals surface area (Å²) >= 11 is 0. The minimum Gasteiger partial charge on any atom is -0.456 e. The predicted octanol–water partition coefficient (Wildman–Crippen LogP) is 22.7. The molecule has 0 saturated heterocycles. The summed E-state index contributed by atoms with van der Waals surface area (Å²) in [6, 6.07) is 53.7. The van der Waals surface area contributed by atoms with Crippen molar-refractivity contribution in [3.05, 3.63) is 290 Å². The highest BCUT2D eigenvalue weighted by molar-refractivity contribution is 6.25. The van der Waals surface area contributed by atoms with Crippen LogP contribution in [-0.2, 0) is 0 Å². The van der Waals surface area contributed by atoms with Crippen molar-refractivity contribution >= 4 is 109 Å². The first kappa shape index (κ1) is 33.0. The highest BCUT2D eigenvalue weighted by Gasteiger charge is 2.22. The lowest BCUT2D eigenvalue weighted by atomic mass is 9.85. The van der Waals surface area contributed by atoms with Gasteiger partial charge in [0.25, 0.3) is 0 Å². The Labute approximate surface area is 490 Å². The van der Waals surface area contributed by atoms with Crippen molar-refractivity contribution in [2.75, 3.05) is 0 Å². The van der Waals surface area contributed by atoms with Crippen LogP contribution in [0.2, 0.25) is 0 Å². The maximum Gasteiger partial charge on any atom is 0.143 e. The van der Waals surface area contributed by atoms with Crippen LogP contribution in [0, 0.1) is 6.92 Å². The first-order valence-electron chi connectivity index (χ1n) is 34.6. The van der Waals surface area contributed by atoms with E-state index < -0.39 is 48.3 Å². The minimum atomic E-state index is -0.429. The fraction of sp³-hybridized carbons (Fsp3) is 0.0127. The van der Waals surface area contributed by atoms with Gasteiger partial charge in [0, 0.05) is 32.7 Å². The van der Waals surface area contributed by atoms with Gasteiger partial charge in [-0.25, -0.2) is 0 Å². The first-order valence-corrected chi connectivity index (χ1v) is 26.6. The Morgan fingerprint density at radius 3 is 0.988 bits per heavy atom. The molecule has 0 aliphatic rings. The van der Waals surface area contributed by atoms with E-state index in [2.05, 4.69) is 30.3 Å². The van der Waals surface area contributed by atoms with Gasteiger partial charge in [-0.05, 0) is 158 Å². The topological polar surface area (TPSA) is 26.3 Å². The molecule has 0 unspecified atom stereocenters. The molecule has 0 radical (unpaired) electrons. The molecule has 0 aliphatic heterocycles. The number of benzene rings is 15. The van der Waals surface area contributed by atoms with Crippen LogP contribution in [0.15, 0.2) is 294 Å². The maximum absolute atomic E-state index is 9.25. The van der Waals surface area contributed by atoms with Crippen LogP contribution in [0.4, 0.5) is 0 Å². The Kier molecular flexibility index (Phi) is 7.68. The van der Waals surface area contributed by atoms with Crippen molar-refractivity contribution in [2.24, 2.45) is 0 Å². The van der Waals surface area contributed by atoms with Crippen LogP contribution in [0.1, 0.15) is 27.5 Å². The molecular weight excluding hydrogens is 981 g/mol. The van der Waals surface area contributed by atoms with E-state index in [0.717, 1.165) is 65.4 Å². The summed E-state index contributed by atoms with van der Waals surface area (Å²) in [5.41, 5.74) is 9.16. The molecule has 2 heteroatoms. The van der Waals surface area contributed by atoms with E-state index in [9.17, 15) is 2.74 Å². The zero-order valence-electron chi connectivity index (χ0n) is 59.2. The van der Waals surface area contributed by atoms with Gasteiger partial charge >= 0.3 is 0 Å². The number of fused-ring (bicyclic) bond motifs is 12. The fourth-order valence-electron chi connectivity index (χ4n) is 12.2. The van der Waals surface area contributed by atoms with E-state index in [4.69, 9.17) is 28.0 Å². The van der Waals surface area contributed by atoms with E-state index in [1.54, 1.807) is 60.7 Å². The molecule has 2 aromatic heterocycles. The third-order valence-electron chi connectivity index (χ3n) is 15.7. The first-order chi connectivity index (χ1) is 46.8. The zero-order chi connectivity index (χ0) is 67.5. The van der Waals surface area contributed by atoms with Crippen LogP contribution in [-0.4, -0.2) is 0 Å². The molecule has 378 valence electrons. The second-order valence-corrected chi connectivity index (χ2v) is 20.2. The summed E-state index contributed by atoms with van der Waals surface area (Å²) in [7, 11) is 0. The van der Waals surface area contributed by atoms with Crippen LogP contribution in [0.5, 0.6) is 0 Å². The van der Waals surface area contributed by atoms with Crippen LogP contribution in [0.25, 0.3) is 164 Å². The normalized spacial score (nSPS) is 14.5. The Hall–Kier alpha value is -10.5. The molecule has 2 nitrogen and oxygen atoms in total. The summed E-state index contributed by atoms with van der Waals surface area (Å²) in [5, 5.41) is 8.98. The van der Waals surface area contributed by atoms with E-state index in [-0.39, 0.29) is 91.4 Å². The molecule has 81 heavy (non-hydrogen) atoms. The van der Waals surface area contributed by atoms with Gasteiger partial charge in [-0.1, -0.05) is 248 Å². The molecule has 17 rings (SSSR count). The average Bonchev–Trinajstić information content (AvgIpc) is 1.05. The molecule has 2 heterocycles. The van der Waals surface area contributed by atoms with E-state index in [0.29, 0.717) is 61.3 Å². The molecule has 17 aromatic rings. The zero-order valence-corrected chi connectivity index (χ0v) is 43.2. The molecule has 0 bridgehead atoms. The lowest BCUT2D eigenvalue weighted by molar-refractivity contribution is 0.666. The van der Waals surface area contributed by atoms with Crippen molar-refractivity contribution in [1.82, 2.24) is 0 Å². The Balaban J connectivity index is 0.000000153. The summed E-state index contributed by atoms with van der Waals surface area (Å²) in [6.07, 6.45) is 0. The third-order valence-corrected chi connectivity index (χ3v) is 15.7. The Morgan fingerprint density at radius 2 is 0.568 bits per heavy atom. The quantitative estimate of drug-likeness (QED) is 0.161. The van der Waals surface area contributed by atoms with Crippen LogP contribution in [0.3, 0.4) is 0 Å². The number of aryl methyl sites for hydroxylation is 1. The number of rotatable bonds is 5. The Bertz CT molecular complexity index is 6160. The maximum atomic E-state index is 9.25. The molecule has 0 amide bonds. The molecule has 0 saturated carbocycles. The lowest BCUT2D eigenvalue weighted by Gasteiger charge is -2.17. The van der Waals surface area contributed by atoms with E-state index in [1.807, 2.05) is 104 Å². The summed E-state index contributed by atoms with van der Waals surface area (Å²) in [4.78, 5) is 0. The van der Waals surface area contributed by atoms with Gasteiger partial charge < -0.3 is 8.83 Å². The van der Waals surface area contributed by atoms with E-state index in [1.165, 1.54) is 0 Å². The van der Waals surface area contributed by atoms with Crippen molar-refractivity contribution in [3.8, 4) is 55.6 Å². The van der Waals surface area contributed by atoms with Crippen molar-refractivity contribution < 1.29 is 30.8 Å². The van der Waals surface area contributed by atoms with E-state index >= 15 is 0 Å². The Morgan fingerprint density at radius 1 is 0.247 bits per heavy atom. The largest absolute Gasteiger partial charge is 0.456 e. The molecule has 0 spiro atoms. The summed E-state index contributed by atoms with van der Waals surface area (Å²) < 4.78 is 155. The molecule has 0 fully saturated rings. The number of furan rings is 2. The standard InChI is InChI=1S/C42H26O.C37H24O/c1-3-13-27(14-4-1)39-32-19-9-11-21-34(32)40(35-22-12-10-20-33(35)39)30-23-24-38-36(26-30)37-25-29-17-7-8-18-31(29)41(42(37)43-38)28-15-5-2-6-16-28;1-23-27-14-6-5-13-25(27)21-33-32-22-26(19-20-34(32)38-37(23)33)36-30-17-9-7-15-28(30)35(24-11-3-2-4-12-24)29-16-8-10-18-31(29)36/h1-26H;2-22H,1H3/i9D,10D,11D,12D,19D,20D,21D,22D;7D,8D,9D,10D,15D,16D,17D,18D. The summed E-state index contributed by atoms with van der Waals surface area (Å²) in [5.74, 6) is 0. The number of hydrogen-bond acceptors (Lipinski definition) is 2. The van der Waals surface area contributed by atoms with Crippen molar-refractivity contribution in [2.45, 2.75) is 6.92 Å². The number of hydrogen-bond donors (Lipinski definition) is 0. The average molecular weight is 1050 g/mol. The lowest BCUT2D eigenvalue weighted by Crippen LogP contribution is -1.90. The SMILES string of the molecule is [2H]c1c([2H])c([2H])c2c(-c3ccc4oc5c(-c6ccccc6)c6ccccc6cc5c4c3)c3c([2H])c([2H])c([2H])c([2H])c3c(-c3ccccc3)c2c1[2H].[2H]c1c([2H])c([2H])c2c(-c3ccc4oc5c(C)c6ccccc6cc5c4c3)c3c([2H])c([2H])c([2H])c([2H])c3c(-c3ccccc3)c2c1[2H]. The predicted molar refractivity (Wildman–Crippen MR) is 344 cm³/mol. The van der Waals surface area contributed by atoms with Gasteiger partial charge in [-0.2, -0.15) is 0 Å². The van der Waals surface area contributed by atoms with Gasteiger partial charge in [-0.15, -0.1) is 0 Å². The van der Waals surface area contributed by atoms with Gasteiger partial charge in [-0.3, -0.25) is 0 Å². The van der Waals surface area contributed by atoms with Gasteiger partial charge in [0.05, 0.1) is 21.9 Å². The molecule has 0 atom stereocenters. The van der Waals surface area contributed by atoms with Gasteiger partial charge in [0.2, 0.25) is 0 Å². The smallest absolute Gasteiger partial charge is 0.143 e. The highest BCUT2D eigenvalue weighted by atomic mass is 16.3. The minimum absolute atomic E-state index is 0.181. The van der Waals surface area contributed by atoms with Crippen molar-refractivity contribution in [3.63, 3.8) is 0 Å². The highest BCUT2D eigenvalue weighted by Crippen LogP contribution is 2.48. The van der Waals surface area contributed by atoms with Crippen LogP contribution < -0.4 is 0 Å². The molecular formula is C79H50O2. The molecule has 15 aromatic carbocycles. The van der Waals surface area contributed by atoms with Gasteiger partial charge in [0.1, 0.15) is 22.3 Å². The summed E-state index contributed by atoms with van der Waals surface area (Å²) in [6.45, 7) is 2.02. The van der Waals surface area contributed by atoms with Crippen LogP contribution >= 0.6 is 0 Å². The monoisotopic (exact) mass is 1050 g/mol. The molecule has 0 aliphatic carbocycles. The van der Waals surface area contributed by atoms with Crippen molar-refractivity contribution in [1.29, 1.82) is 0 Å². The second-order valence-electron chi connectivity index (χ2n) is 20.2. The third kappa shape index (κ3) is 7.49. The fourth-order valence-corrected chi connectivity index (χ4v) is 12.2. The van der Waals surface area contributed by atoms with Gasteiger partial charge in [0.15, 0.2) is 0 Å². The molecule has 0 N–H and O–H groups in total. The second kappa shape index (κ2) is 18.8.